The molecule has 0 aliphatic carbocycles. The van der Waals surface area contributed by atoms with Crippen molar-refractivity contribution in [2.75, 3.05) is 16.6 Å². The van der Waals surface area contributed by atoms with Crippen molar-refractivity contribution in [1.29, 1.82) is 0 Å². The third kappa shape index (κ3) is 6.18. The number of fused-ring (bicyclic) bond motifs is 1. The first-order valence-corrected chi connectivity index (χ1v) is 15.7. The average Bonchev–Trinajstić information content (AvgIpc) is 3.59. The Hall–Kier alpha value is -3.38. The van der Waals surface area contributed by atoms with Gasteiger partial charge in [0, 0.05) is 10.6 Å². The predicted octanol–water partition coefficient (Wildman–Crippen LogP) is 7.03. The second kappa shape index (κ2) is 11.6. The molecule has 0 saturated heterocycles. The van der Waals surface area contributed by atoms with Gasteiger partial charge in [-0.2, -0.15) is 0 Å². The molecule has 0 fully saturated rings. The molecule has 5 rings (SSSR count). The lowest BCUT2D eigenvalue weighted by molar-refractivity contribution is -0.115. The van der Waals surface area contributed by atoms with E-state index in [0.717, 1.165) is 37.8 Å². The molecule has 7 nitrogen and oxygen atoms in total. The smallest absolute Gasteiger partial charge is 0.271 e. The lowest BCUT2D eigenvalue weighted by Gasteiger charge is -2.16. The molecule has 0 radical (unpaired) electrons. The third-order valence-electron chi connectivity index (χ3n) is 5.36. The van der Waals surface area contributed by atoms with Crippen molar-refractivity contribution in [3.8, 4) is 5.75 Å². The van der Waals surface area contributed by atoms with Gasteiger partial charge in [-0.25, -0.2) is 13.4 Å². The van der Waals surface area contributed by atoms with Crippen LogP contribution < -0.4 is 14.8 Å². The first-order valence-electron chi connectivity index (χ1n) is 11.6. The zero-order valence-corrected chi connectivity index (χ0v) is 23.4. The molecule has 1 atom stereocenters. The Kier molecular flexibility index (Phi) is 7.98. The number of nitrogens with zero attached hydrogens (tertiary/aromatic N) is 1. The highest BCUT2D eigenvalue weighted by molar-refractivity contribution is 8.00. The van der Waals surface area contributed by atoms with Gasteiger partial charge in [0.2, 0.25) is 5.91 Å². The molecule has 3 aromatic carbocycles. The molecular formula is C27H23N3O4S4. The van der Waals surface area contributed by atoms with Crippen LogP contribution in [0.3, 0.4) is 0 Å². The Morgan fingerprint density at radius 2 is 1.82 bits per heavy atom. The average molecular weight is 582 g/mol. The lowest BCUT2D eigenvalue weighted by atomic mass is 10.1. The number of anilines is 2. The Balaban J connectivity index is 1.33. The van der Waals surface area contributed by atoms with Crippen LogP contribution in [-0.2, 0) is 14.8 Å². The van der Waals surface area contributed by atoms with Gasteiger partial charge < -0.3 is 10.1 Å². The number of aromatic nitrogens is 1. The largest absolute Gasteiger partial charge is 0.494 e. The molecule has 0 aliphatic rings. The topological polar surface area (TPSA) is 97.4 Å². The van der Waals surface area contributed by atoms with Gasteiger partial charge in [0.15, 0.2) is 5.13 Å². The zero-order valence-electron chi connectivity index (χ0n) is 20.2. The van der Waals surface area contributed by atoms with Crippen LogP contribution in [0.25, 0.3) is 10.2 Å². The number of nitrogens with one attached hydrogen (secondary N) is 2. The fourth-order valence-corrected chi connectivity index (χ4v) is 7.62. The predicted molar refractivity (Wildman–Crippen MR) is 156 cm³/mol. The van der Waals surface area contributed by atoms with Gasteiger partial charge >= 0.3 is 0 Å². The molecule has 2 N–H and O–H groups in total. The van der Waals surface area contributed by atoms with Crippen LogP contribution in [0.1, 0.15) is 17.7 Å². The number of hydrogen-bond donors (Lipinski definition) is 2. The zero-order chi connectivity index (χ0) is 26.5. The van der Waals surface area contributed by atoms with E-state index < -0.39 is 15.3 Å². The van der Waals surface area contributed by atoms with Crippen molar-refractivity contribution >= 4 is 71.4 Å². The highest BCUT2D eigenvalue weighted by Gasteiger charge is 2.24. The summed E-state index contributed by atoms with van der Waals surface area (Å²) in [5.74, 6) is 0.563. The second-order valence-electron chi connectivity index (χ2n) is 8.04. The SMILES string of the molecule is CCOc1ccc2nc(NC(=O)C(Sc3ccc(NS(=O)(=O)c4cccs4)cc3)c3ccccc3)sc2c1. The molecule has 1 amide bonds. The van der Waals surface area contributed by atoms with Crippen LogP contribution in [0.4, 0.5) is 10.8 Å². The van der Waals surface area contributed by atoms with E-state index in [9.17, 15) is 13.2 Å². The van der Waals surface area contributed by atoms with E-state index in [1.54, 1.807) is 41.8 Å². The normalized spacial score (nSPS) is 12.2. The number of amides is 1. The molecule has 0 saturated carbocycles. The Labute approximate surface area is 233 Å². The molecule has 2 heterocycles. The number of hydrogen-bond acceptors (Lipinski definition) is 8. The van der Waals surface area contributed by atoms with Crippen LogP contribution in [0.5, 0.6) is 5.75 Å². The summed E-state index contributed by atoms with van der Waals surface area (Å²) in [5, 5.41) is 4.66. The molecule has 11 heteroatoms. The van der Waals surface area contributed by atoms with E-state index in [2.05, 4.69) is 15.0 Å². The quantitative estimate of drug-likeness (QED) is 0.172. The van der Waals surface area contributed by atoms with Crippen LogP contribution in [0.15, 0.2) is 99.4 Å². The van der Waals surface area contributed by atoms with Crippen LogP contribution in [0.2, 0.25) is 0 Å². The van der Waals surface area contributed by atoms with Crippen LogP contribution in [0, 0.1) is 0 Å². The summed E-state index contributed by atoms with van der Waals surface area (Å²) < 4.78 is 34.4. The number of carbonyl (C=O) groups is 1. The number of thiophene rings is 1. The molecule has 5 aromatic rings. The van der Waals surface area contributed by atoms with Crippen molar-refractivity contribution in [3.63, 3.8) is 0 Å². The summed E-state index contributed by atoms with van der Waals surface area (Å²) >= 11 is 3.93. The van der Waals surface area contributed by atoms with E-state index in [1.807, 2.05) is 55.5 Å². The second-order valence-corrected chi connectivity index (χ2v) is 13.1. The molecule has 0 bridgehead atoms. The van der Waals surface area contributed by atoms with Gasteiger partial charge in [-0.15, -0.1) is 23.1 Å². The highest BCUT2D eigenvalue weighted by Crippen LogP contribution is 2.38. The molecule has 194 valence electrons. The number of thiazole rings is 1. The summed E-state index contributed by atoms with van der Waals surface area (Å²) in [4.78, 5) is 18.8. The summed E-state index contributed by atoms with van der Waals surface area (Å²) in [7, 11) is -3.63. The molecule has 38 heavy (non-hydrogen) atoms. The summed E-state index contributed by atoms with van der Waals surface area (Å²) in [6, 6.07) is 25.4. The first kappa shape index (κ1) is 26.2. The van der Waals surface area contributed by atoms with Gasteiger partial charge in [-0.05, 0) is 66.4 Å². The van der Waals surface area contributed by atoms with Crippen LogP contribution in [-0.4, -0.2) is 25.9 Å². The molecule has 1 unspecified atom stereocenters. The van der Waals surface area contributed by atoms with Gasteiger partial charge in [0.1, 0.15) is 15.2 Å². The number of ether oxygens (including phenoxy) is 1. The van der Waals surface area contributed by atoms with E-state index in [4.69, 9.17) is 4.74 Å². The van der Waals surface area contributed by atoms with Crippen molar-refractivity contribution in [2.24, 2.45) is 0 Å². The van der Waals surface area contributed by atoms with Crippen LogP contribution >= 0.6 is 34.4 Å². The van der Waals surface area contributed by atoms with E-state index >= 15 is 0 Å². The summed E-state index contributed by atoms with van der Waals surface area (Å²) in [6.07, 6.45) is 0. The fraction of sp³-hybridized carbons (Fsp3) is 0.111. The highest BCUT2D eigenvalue weighted by atomic mass is 32.2. The maximum absolute atomic E-state index is 13.5. The Bertz CT molecular complexity index is 1640. The van der Waals surface area contributed by atoms with E-state index in [1.165, 1.54) is 23.1 Å². The number of benzene rings is 3. The maximum Gasteiger partial charge on any atom is 0.271 e. The number of thioether (sulfide) groups is 1. The summed E-state index contributed by atoms with van der Waals surface area (Å²) in [6.45, 7) is 2.51. The Morgan fingerprint density at radius 3 is 2.53 bits per heavy atom. The number of sulfonamides is 1. The monoisotopic (exact) mass is 581 g/mol. The number of carbonyl (C=O) groups excluding carboxylic acids is 1. The minimum atomic E-state index is -3.63. The maximum atomic E-state index is 13.5. The Morgan fingerprint density at radius 1 is 1.03 bits per heavy atom. The lowest BCUT2D eigenvalue weighted by Crippen LogP contribution is -2.18. The number of rotatable bonds is 10. The van der Waals surface area contributed by atoms with Gasteiger partial charge in [0.25, 0.3) is 10.0 Å². The molecular weight excluding hydrogens is 559 g/mol. The van der Waals surface area contributed by atoms with Crippen molar-refractivity contribution in [2.45, 2.75) is 21.3 Å². The first-order chi connectivity index (χ1) is 18.4. The van der Waals surface area contributed by atoms with E-state index in [-0.39, 0.29) is 10.1 Å². The minimum Gasteiger partial charge on any atom is -0.494 e. The molecule has 0 aliphatic heterocycles. The van der Waals surface area contributed by atoms with Gasteiger partial charge in [-0.1, -0.05) is 47.7 Å². The third-order valence-corrected chi connectivity index (χ3v) is 10.3. The minimum absolute atomic E-state index is 0.201. The molecule has 2 aromatic heterocycles. The van der Waals surface area contributed by atoms with E-state index in [0.29, 0.717) is 17.4 Å². The van der Waals surface area contributed by atoms with Gasteiger partial charge in [0.05, 0.1) is 16.8 Å². The summed E-state index contributed by atoms with van der Waals surface area (Å²) in [5.41, 5.74) is 2.08. The fourth-order valence-electron chi connectivity index (χ4n) is 3.65. The van der Waals surface area contributed by atoms with Crippen molar-refractivity contribution in [1.82, 2.24) is 4.98 Å². The molecule has 0 spiro atoms. The van der Waals surface area contributed by atoms with Gasteiger partial charge in [-0.3, -0.25) is 9.52 Å². The van der Waals surface area contributed by atoms with Crippen molar-refractivity contribution in [3.05, 3.63) is 95.9 Å². The van der Waals surface area contributed by atoms with Crippen molar-refractivity contribution < 1.29 is 17.9 Å². The standard InChI is InChI=1S/C27H23N3O4S4/c1-2-34-20-12-15-22-23(17-20)37-27(28-22)29-26(31)25(18-7-4-3-5-8-18)36-21-13-10-19(11-14-21)30-38(32,33)24-9-6-16-35-24/h3-17,25,30H,2H2,1H3,(H,28,29,31).